The van der Waals surface area contributed by atoms with E-state index >= 15 is 0 Å². The van der Waals surface area contributed by atoms with Gasteiger partial charge in [0.1, 0.15) is 0 Å². The van der Waals surface area contributed by atoms with Crippen LogP contribution in [0, 0.1) is 0 Å². The zero-order valence-corrected chi connectivity index (χ0v) is 18.0. The molecule has 3 rings (SSSR count). The van der Waals surface area contributed by atoms with Crippen LogP contribution in [0.5, 0.6) is 0 Å². The van der Waals surface area contributed by atoms with Crippen LogP contribution in [0.3, 0.4) is 0 Å². The van der Waals surface area contributed by atoms with Gasteiger partial charge in [0.15, 0.2) is 12.4 Å². The molecule has 0 atom stereocenters. The summed E-state index contributed by atoms with van der Waals surface area (Å²) in [6, 6.07) is 20.2. The van der Waals surface area contributed by atoms with E-state index in [4.69, 9.17) is 0 Å². The van der Waals surface area contributed by atoms with Crippen molar-refractivity contribution < 1.29 is 17.8 Å². The quantitative estimate of drug-likeness (QED) is 0.564. The number of nitrogens with zero attached hydrogens (tertiary/aromatic N) is 2. The first-order chi connectivity index (χ1) is 14.4. The van der Waals surface area contributed by atoms with Gasteiger partial charge in [-0.05, 0) is 29.8 Å². The van der Waals surface area contributed by atoms with Gasteiger partial charge in [-0.3, -0.25) is 4.79 Å². The zero-order chi connectivity index (χ0) is 21.6. The SMILES string of the molecule is CCN(CC)S(=O)(=O)c1cccc(NC(=O)C[n+]2cccc(-c3ccccc3)c2)c1. The molecule has 0 aliphatic rings. The third-order valence-corrected chi connectivity index (χ3v) is 6.80. The highest BCUT2D eigenvalue weighted by molar-refractivity contribution is 7.89. The van der Waals surface area contributed by atoms with Crippen LogP contribution < -0.4 is 9.88 Å². The molecule has 30 heavy (non-hydrogen) atoms. The van der Waals surface area contributed by atoms with Gasteiger partial charge in [-0.2, -0.15) is 8.87 Å². The Morgan fingerprint density at radius 1 is 0.933 bits per heavy atom. The van der Waals surface area contributed by atoms with Gasteiger partial charge in [0.25, 0.3) is 5.91 Å². The van der Waals surface area contributed by atoms with Crippen molar-refractivity contribution >= 4 is 21.6 Å². The van der Waals surface area contributed by atoms with Crippen molar-refractivity contribution in [3.63, 3.8) is 0 Å². The minimum Gasteiger partial charge on any atom is -0.321 e. The van der Waals surface area contributed by atoms with Crippen LogP contribution in [0.2, 0.25) is 0 Å². The molecule has 0 unspecified atom stereocenters. The van der Waals surface area contributed by atoms with Crippen molar-refractivity contribution in [1.82, 2.24) is 4.31 Å². The topological polar surface area (TPSA) is 70.4 Å². The lowest BCUT2D eigenvalue weighted by atomic mass is 10.1. The number of hydrogen-bond donors (Lipinski definition) is 1. The highest BCUT2D eigenvalue weighted by Gasteiger charge is 2.22. The minimum absolute atomic E-state index is 0.119. The first-order valence-corrected chi connectivity index (χ1v) is 11.3. The fraction of sp³-hybridized carbons (Fsp3) is 0.217. The number of rotatable bonds is 8. The van der Waals surface area contributed by atoms with E-state index in [2.05, 4.69) is 5.32 Å². The number of hydrogen-bond acceptors (Lipinski definition) is 3. The molecule has 1 amide bonds. The molecule has 6 nitrogen and oxygen atoms in total. The Balaban J connectivity index is 1.73. The van der Waals surface area contributed by atoms with Gasteiger partial charge in [0.05, 0.1) is 4.90 Å². The molecule has 0 spiro atoms. The predicted octanol–water partition coefficient (Wildman–Crippen LogP) is 3.31. The standard InChI is InChI=1S/C23H25N3O3S/c1-3-26(4-2)30(28,29)22-14-8-13-21(16-22)24-23(27)18-25-15-9-12-20(17-25)19-10-6-5-7-11-19/h5-17H,3-4,18H2,1-2H3/p+1. The number of carbonyl (C=O) groups excluding carboxylic acids is 1. The number of aromatic nitrogens is 1. The number of nitrogens with one attached hydrogen (secondary N) is 1. The van der Waals surface area contributed by atoms with Crippen LogP contribution in [0.15, 0.2) is 84.0 Å². The first kappa shape index (κ1) is 21.7. The van der Waals surface area contributed by atoms with E-state index in [1.165, 1.54) is 10.4 Å². The van der Waals surface area contributed by atoms with Crippen molar-refractivity contribution in [3.05, 3.63) is 79.1 Å². The summed E-state index contributed by atoms with van der Waals surface area (Å²) in [6.45, 7) is 4.50. The van der Waals surface area contributed by atoms with E-state index in [-0.39, 0.29) is 17.3 Å². The summed E-state index contributed by atoms with van der Waals surface area (Å²) in [5.74, 6) is -0.234. The predicted molar refractivity (Wildman–Crippen MR) is 117 cm³/mol. The Morgan fingerprint density at radius 2 is 1.63 bits per heavy atom. The van der Waals surface area contributed by atoms with E-state index < -0.39 is 10.0 Å². The highest BCUT2D eigenvalue weighted by Crippen LogP contribution is 2.20. The maximum absolute atomic E-state index is 12.7. The molecule has 1 heterocycles. The van der Waals surface area contributed by atoms with Gasteiger partial charge in [-0.15, -0.1) is 0 Å². The first-order valence-electron chi connectivity index (χ1n) is 9.88. The average Bonchev–Trinajstić information content (AvgIpc) is 2.75. The number of amides is 1. The third-order valence-electron chi connectivity index (χ3n) is 4.75. The molecule has 0 radical (unpaired) electrons. The number of carbonyl (C=O) groups is 1. The molecule has 2 aromatic carbocycles. The normalized spacial score (nSPS) is 11.4. The maximum Gasteiger partial charge on any atom is 0.290 e. The van der Waals surface area contributed by atoms with Crippen molar-refractivity contribution in [1.29, 1.82) is 0 Å². The Hall–Kier alpha value is -3.03. The molecule has 1 N–H and O–H groups in total. The maximum atomic E-state index is 12.7. The lowest BCUT2D eigenvalue weighted by Crippen LogP contribution is -2.39. The van der Waals surface area contributed by atoms with E-state index in [1.54, 1.807) is 36.6 Å². The monoisotopic (exact) mass is 424 g/mol. The summed E-state index contributed by atoms with van der Waals surface area (Å²) in [5.41, 5.74) is 2.54. The molecule has 0 aliphatic heterocycles. The van der Waals surface area contributed by atoms with Gasteiger partial charge in [0, 0.05) is 30.4 Å². The Labute approximate surface area is 177 Å². The van der Waals surface area contributed by atoms with Crippen molar-refractivity contribution in [2.45, 2.75) is 25.3 Å². The van der Waals surface area contributed by atoms with Gasteiger partial charge < -0.3 is 5.32 Å². The molecule has 0 saturated carbocycles. The summed E-state index contributed by atoms with van der Waals surface area (Å²) in [5, 5.41) is 2.79. The van der Waals surface area contributed by atoms with Crippen molar-refractivity contribution in [3.8, 4) is 11.1 Å². The molecule has 7 heteroatoms. The summed E-state index contributed by atoms with van der Waals surface area (Å²) < 4.78 is 28.6. The largest absolute Gasteiger partial charge is 0.321 e. The summed E-state index contributed by atoms with van der Waals surface area (Å²) in [7, 11) is -3.58. The number of benzene rings is 2. The van der Waals surface area contributed by atoms with Crippen molar-refractivity contribution in [2.75, 3.05) is 18.4 Å². The van der Waals surface area contributed by atoms with Crippen LogP contribution >= 0.6 is 0 Å². The summed E-state index contributed by atoms with van der Waals surface area (Å²) in [6.07, 6.45) is 3.74. The Morgan fingerprint density at radius 3 is 2.33 bits per heavy atom. The molecule has 156 valence electrons. The lowest BCUT2D eigenvalue weighted by molar-refractivity contribution is -0.683. The van der Waals surface area contributed by atoms with Crippen LogP contribution in [0.1, 0.15) is 13.8 Å². The highest BCUT2D eigenvalue weighted by atomic mass is 32.2. The second-order valence-corrected chi connectivity index (χ2v) is 8.73. The minimum atomic E-state index is -3.58. The van der Waals surface area contributed by atoms with Gasteiger partial charge >= 0.3 is 0 Å². The average molecular weight is 425 g/mol. The lowest BCUT2D eigenvalue weighted by Gasteiger charge is -2.18. The van der Waals surface area contributed by atoms with Gasteiger partial charge in [-0.1, -0.05) is 50.2 Å². The molecular formula is C23H26N3O3S+. The molecular weight excluding hydrogens is 398 g/mol. The summed E-state index contributed by atoms with van der Waals surface area (Å²) in [4.78, 5) is 12.7. The van der Waals surface area contributed by atoms with Crippen LogP contribution in [0.4, 0.5) is 5.69 Å². The number of pyridine rings is 1. The molecule has 0 aliphatic carbocycles. The van der Waals surface area contributed by atoms with Crippen molar-refractivity contribution in [2.24, 2.45) is 0 Å². The molecule has 0 bridgehead atoms. The van der Waals surface area contributed by atoms with Gasteiger partial charge in [0.2, 0.25) is 16.6 Å². The van der Waals surface area contributed by atoms with E-state index in [0.29, 0.717) is 18.8 Å². The van der Waals surface area contributed by atoms with Crippen LogP contribution in [0.25, 0.3) is 11.1 Å². The number of anilines is 1. The Bertz CT molecular complexity index is 1110. The van der Waals surface area contributed by atoms with E-state index in [1.807, 2.05) is 54.9 Å². The molecule has 1 aromatic heterocycles. The third kappa shape index (κ3) is 5.11. The fourth-order valence-corrected chi connectivity index (χ4v) is 4.74. The second kappa shape index (κ2) is 9.65. The zero-order valence-electron chi connectivity index (χ0n) is 17.2. The molecule has 0 saturated heterocycles. The smallest absolute Gasteiger partial charge is 0.290 e. The van der Waals surface area contributed by atoms with Crippen LogP contribution in [-0.4, -0.2) is 31.7 Å². The van der Waals surface area contributed by atoms with E-state index in [9.17, 15) is 13.2 Å². The van der Waals surface area contributed by atoms with E-state index in [0.717, 1.165) is 11.1 Å². The van der Waals surface area contributed by atoms with Gasteiger partial charge in [-0.25, -0.2) is 8.42 Å². The summed E-state index contributed by atoms with van der Waals surface area (Å²) >= 11 is 0. The number of sulfonamides is 1. The second-order valence-electron chi connectivity index (χ2n) is 6.80. The molecule has 0 fully saturated rings. The Kier molecular flexibility index (Phi) is 6.97. The van der Waals surface area contributed by atoms with Crippen LogP contribution in [-0.2, 0) is 21.4 Å². The molecule has 3 aromatic rings. The fourth-order valence-electron chi connectivity index (χ4n) is 3.23.